The molecule has 2 aliphatic heterocycles. The standard InChI is InChI=1S/C21H29N7O/c1-16(2)17-7-9-23-20(24-17)27-12-14-28(15-13-27)21(29)25-18-6-5-8-22-19(18)26-10-3-4-11-26/h5-9,16H,3-4,10-15H2,1-2H3,(H,25,29). The van der Waals surface area contributed by atoms with Crippen molar-refractivity contribution in [3.8, 4) is 0 Å². The van der Waals surface area contributed by atoms with Crippen LogP contribution >= 0.6 is 0 Å². The summed E-state index contributed by atoms with van der Waals surface area (Å²) >= 11 is 0. The smallest absolute Gasteiger partial charge is 0.322 e. The van der Waals surface area contributed by atoms with Crippen molar-refractivity contribution in [3.05, 3.63) is 36.3 Å². The first-order valence-corrected chi connectivity index (χ1v) is 10.5. The third kappa shape index (κ3) is 4.41. The number of rotatable bonds is 4. The maximum absolute atomic E-state index is 12.8. The summed E-state index contributed by atoms with van der Waals surface area (Å²) in [4.78, 5) is 32.7. The summed E-state index contributed by atoms with van der Waals surface area (Å²) in [6, 6.07) is 5.69. The van der Waals surface area contributed by atoms with Gasteiger partial charge in [0.15, 0.2) is 5.82 Å². The van der Waals surface area contributed by atoms with Crippen molar-refractivity contribution in [2.45, 2.75) is 32.6 Å². The number of hydrogen-bond acceptors (Lipinski definition) is 6. The number of carbonyl (C=O) groups excluding carboxylic acids is 1. The maximum Gasteiger partial charge on any atom is 0.322 e. The summed E-state index contributed by atoms with van der Waals surface area (Å²) in [5.41, 5.74) is 1.83. The van der Waals surface area contributed by atoms with Crippen LogP contribution in [0.15, 0.2) is 30.6 Å². The van der Waals surface area contributed by atoms with Gasteiger partial charge in [0.2, 0.25) is 5.95 Å². The molecule has 1 N–H and O–H groups in total. The number of nitrogens with one attached hydrogen (secondary N) is 1. The molecule has 0 aromatic carbocycles. The molecule has 2 aromatic heterocycles. The molecule has 0 unspecified atom stereocenters. The van der Waals surface area contributed by atoms with Gasteiger partial charge >= 0.3 is 6.03 Å². The number of piperazine rings is 1. The lowest BCUT2D eigenvalue weighted by atomic mass is 10.1. The second-order valence-corrected chi connectivity index (χ2v) is 7.91. The summed E-state index contributed by atoms with van der Waals surface area (Å²) in [5.74, 6) is 1.99. The third-order valence-corrected chi connectivity index (χ3v) is 5.54. The molecule has 2 aromatic rings. The largest absolute Gasteiger partial charge is 0.355 e. The fraction of sp³-hybridized carbons (Fsp3) is 0.524. The second-order valence-electron chi connectivity index (χ2n) is 7.91. The predicted octanol–water partition coefficient (Wildman–Crippen LogP) is 2.95. The average Bonchev–Trinajstić information content (AvgIpc) is 3.29. The molecule has 29 heavy (non-hydrogen) atoms. The molecule has 2 aliphatic rings. The van der Waals surface area contributed by atoms with E-state index in [0.29, 0.717) is 19.0 Å². The maximum atomic E-state index is 12.8. The van der Waals surface area contributed by atoms with E-state index in [-0.39, 0.29) is 6.03 Å². The minimum Gasteiger partial charge on any atom is -0.355 e. The Balaban J connectivity index is 1.37. The van der Waals surface area contributed by atoms with E-state index in [4.69, 9.17) is 0 Å². The quantitative estimate of drug-likeness (QED) is 0.858. The minimum absolute atomic E-state index is 0.0741. The Bertz CT molecular complexity index is 842. The van der Waals surface area contributed by atoms with Gasteiger partial charge in [-0.15, -0.1) is 0 Å². The Morgan fingerprint density at radius 1 is 0.966 bits per heavy atom. The fourth-order valence-corrected chi connectivity index (χ4v) is 3.82. The van der Waals surface area contributed by atoms with Crippen LogP contribution in [0.3, 0.4) is 0 Å². The summed E-state index contributed by atoms with van der Waals surface area (Å²) in [6.45, 7) is 8.97. The Hall–Kier alpha value is -2.90. The van der Waals surface area contributed by atoms with Crippen molar-refractivity contribution in [2.24, 2.45) is 0 Å². The number of aromatic nitrogens is 3. The molecule has 0 bridgehead atoms. The number of pyridine rings is 1. The lowest BCUT2D eigenvalue weighted by molar-refractivity contribution is 0.208. The van der Waals surface area contributed by atoms with E-state index in [1.54, 1.807) is 6.20 Å². The van der Waals surface area contributed by atoms with Gasteiger partial charge in [-0.05, 0) is 37.0 Å². The van der Waals surface area contributed by atoms with Crippen molar-refractivity contribution < 1.29 is 4.79 Å². The van der Waals surface area contributed by atoms with Crippen LogP contribution in [0.5, 0.6) is 0 Å². The van der Waals surface area contributed by atoms with Crippen LogP contribution in [0.25, 0.3) is 0 Å². The fourth-order valence-electron chi connectivity index (χ4n) is 3.82. The highest BCUT2D eigenvalue weighted by atomic mass is 16.2. The van der Waals surface area contributed by atoms with E-state index >= 15 is 0 Å². The molecule has 0 saturated carbocycles. The van der Waals surface area contributed by atoms with E-state index in [2.05, 4.69) is 43.9 Å². The second kappa shape index (κ2) is 8.63. The molecule has 0 atom stereocenters. The highest BCUT2D eigenvalue weighted by molar-refractivity contribution is 5.92. The number of hydrogen-bond donors (Lipinski definition) is 1. The first-order valence-electron chi connectivity index (χ1n) is 10.5. The predicted molar refractivity (Wildman–Crippen MR) is 115 cm³/mol. The molecule has 2 fully saturated rings. The van der Waals surface area contributed by atoms with E-state index in [1.165, 1.54) is 12.8 Å². The molecule has 0 spiro atoms. The highest BCUT2D eigenvalue weighted by Crippen LogP contribution is 2.26. The summed E-state index contributed by atoms with van der Waals surface area (Å²) in [5, 5.41) is 3.07. The minimum atomic E-state index is -0.0741. The molecule has 4 rings (SSSR count). The van der Waals surface area contributed by atoms with Crippen LogP contribution in [0.4, 0.5) is 22.2 Å². The summed E-state index contributed by atoms with van der Waals surface area (Å²) < 4.78 is 0. The van der Waals surface area contributed by atoms with E-state index < -0.39 is 0 Å². The zero-order chi connectivity index (χ0) is 20.2. The molecule has 2 saturated heterocycles. The summed E-state index contributed by atoms with van der Waals surface area (Å²) in [6.07, 6.45) is 5.95. The molecule has 8 heteroatoms. The number of anilines is 3. The molecule has 0 aliphatic carbocycles. The zero-order valence-electron chi connectivity index (χ0n) is 17.2. The Labute approximate surface area is 172 Å². The molecule has 154 valence electrons. The van der Waals surface area contributed by atoms with Gasteiger partial charge in [0.1, 0.15) is 0 Å². The Morgan fingerprint density at radius 2 is 1.72 bits per heavy atom. The van der Waals surface area contributed by atoms with Crippen LogP contribution in [0, 0.1) is 0 Å². The van der Waals surface area contributed by atoms with Crippen LogP contribution < -0.4 is 15.1 Å². The van der Waals surface area contributed by atoms with E-state index in [9.17, 15) is 4.79 Å². The van der Waals surface area contributed by atoms with Gasteiger partial charge in [-0.1, -0.05) is 13.8 Å². The van der Waals surface area contributed by atoms with Gasteiger partial charge in [0, 0.05) is 57.4 Å². The third-order valence-electron chi connectivity index (χ3n) is 5.54. The lowest BCUT2D eigenvalue weighted by Gasteiger charge is -2.35. The van der Waals surface area contributed by atoms with Crippen LogP contribution in [0.1, 0.15) is 38.3 Å². The van der Waals surface area contributed by atoms with E-state index in [1.807, 2.05) is 29.3 Å². The van der Waals surface area contributed by atoms with Gasteiger partial charge in [-0.25, -0.2) is 19.7 Å². The summed E-state index contributed by atoms with van der Waals surface area (Å²) in [7, 11) is 0. The monoisotopic (exact) mass is 395 g/mol. The van der Waals surface area contributed by atoms with Gasteiger partial charge in [0.05, 0.1) is 5.69 Å². The van der Waals surface area contributed by atoms with Crippen molar-refractivity contribution in [3.63, 3.8) is 0 Å². The van der Waals surface area contributed by atoms with Gasteiger partial charge in [0.25, 0.3) is 0 Å². The van der Waals surface area contributed by atoms with Crippen LogP contribution in [-0.4, -0.2) is 65.2 Å². The Morgan fingerprint density at radius 3 is 2.45 bits per heavy atom. The highest BCUT2D eigenvalue weighted by Gasteiger charge is 2.24. The van der Waals surface area contributed by atoms with Crippen LogP contribution in [0.2, 0.25) is 0 Å². The van der Waals surface area contributed by atoms with Crippen molar-refractivity contribution >= 4 is 23.5 Å². The SMILES string of the molecule is CC(C)c1ccnc(N2CCN(C(=O)Nc3cccnc3N3CCCC3)CC2)n1. The van der Waals surface area contributed by atoms with Gasteiger partial charge < -0.3 is 20.0 Å². The van der Waals surface area contributed by atoms with Gasteiger partial charge in [-0.3, -0.25) is 0 Å². The first kappa shape index (κ1) is 19.4. The molecular weight excluding hydrogens is 366 g/mol. The van der Waals surface area contributed by atoms with Crippen molar-refractivity contribution in [1.82, 2.24) is 19.9 Å². The van der Waals surface area contributed by atoms with Crippen molar-refractivity contribution in [2.75, 3.05) is 54.4 Å². The molecule has 0 radical (unpaired) electrons. The molecular formula is C21H29N7O. The molecule has 8 nitrogen and oxygen atoms in total. The first-order chi connectivity index (χ1) is 14.1. The topological polar surface area (TPSA) is 77.5 Å². The van der Waals surface area contributed by atoms with E-state index in [0.717, 1.165) is 49.3 Å². The molecule has 4 heterocycles. The number of urea groups is 1. The van der Waals surface area contributed by atoms with Gasteiger partial charge in [-0.2, -0.15) is 0 Å². The van der Waals surface area contributed by atoms with Crippen molar-refractivity contribution in [1.29, 1.82) is 0 Å². The molecule has 2 amide bonds. The van der Waals surface area contributed by atoms with Crippen LogP contribution in [-0.2, 0) is 0 Å². The Kier molecular flexibility index (Phi) is 5.78. The number of nitrogens with zero attached hydrogens (tertiary/aromatic N) is 6. The normalized spacial score (nSPS) is 17.1. The lowest BCUT2D eigenvalue weighted by Crippen LogP contribution is -2.50. The zero-order valence-corrected chi connectivity index (χ0v) is 17.2. The number of carbonyl (C=O) groups is 1. The average molecular weight is 396 g/mol. The number of amides is 2.